The van der Waals surface area contributed by atoms with Crippen molar-refractivity contribution in [1.29, 1.82) is 0 Å². The molecular formula is C13H20N2O3. The standard InChI is InChI=1S/C13H20N2O3/c1-15-6-2-3-10(8-15)14-7-9-4-5-11(16)13(18)12(9)17/h4-5,10,14,16-18H,2-3,6-8H2,1H3. The second-order valence-corrected chi connectivity index (χ2v) is 4.92. The lowest BCUT2D eigenvalue weighted by Crippen LogP contribution is -2.43. The van der Waals surface area contributed by atoms with Crippen LogP contribution in [0.25, 0.3) is 0 Å². The number of likely N-dealkylation sites (N-methyl/N-ethyl adjacent to an activating group) is 1. The number of benzene rings is 1. The molecule has 1 aliphatic heterocycles. The number of piperidine rings is 1. The minimum atomic E-state index is -0.449. The van der Waals surface area contributed by atoms with Crippen LogP contribution in [0.15, 0.2) is 12.1 Å². The zero-order chi connectivity index (χ0) is 13.1. The maximum absolute atomic E-state index is 9.70. The summed E-state index contributed by atoms with van der Waals surface area (Å²) in [7, 11) is 2.09. The van der Waals surface area contributed by atoms with Gasteiger partial charge in [0.05, 0.1) is 0 Å². The predicted octanol–water partition coefficient (Wildman–Crippen LogP) is 0.987. The van der Waals surface area contributed by atoms with E-state index in [4.69, 9.17) is 0 Å². The lowest BCUT2D eigenvalue weighted by atomic mass is 10.1. The number of aromatic hydroxyl groups is 3. The van der Waals surface area contributed by atoms with Gasteiger partial charge in [-0.25, -0.2) is 0 Å². The molecule has 0 radical (unpaired) electrons. The summed E-state index contributed by atoms with van der Waals surface area (Å²) in [6.07, 6.45) is 2.29. The van der Waals surface area contributed by atoms with Gasteiger partial charge in [-0.15, -0.1) is 0 Å². The fraction of sp³-hybridized carbons (Fsp3) is 0.538. The van der Waals surface area contributed by atoms with E-state index in [0.717, 1.165) is 19.5 Å². The van der Waals surface area contributed by atoms with Crippen molar-refractivity contribution >= 4 is 0 Å². The number of nitrogens with zero attached hydrogens (tertiary/aromatic N) is 1. The van der Waals surface area contributed by atoms with E-state index >= 15 is 0 Å². The van der Waals surface area contributed by atoms with Crippen LogP contribution < -0.4 is 5.32 Å². The Bertz CT molecular complexity index is 423. The van der Waals surface area contributed by atoms with Crippen molar-refractivity contribution < 1.29 is 15.3 Å². The molecule has 0 aliphatic carbocycles. The van der Waals surface area contributed by atoms with Gasteiger partial charge < -0.3 is 25.5 Å². The second kappa shape index (κ2) is 5.46. The van der Waals surface area contributed by atoms with Crippen molar-refractivity contribution in [2.45, 2.75) is 25.4 Å². The molecule has 0 bridgehead atoms. The molecule has 2 rings (SSSR count). The molecule has 1 aliphatic rings. The Balaban J connectivity index is 1.96. The zero-order valence-electron chi connectivity index (χ0n) is 10.6. The van der Waals surface area contributed by atoms with Gasteiger partial charge >= 0.3 is 0 Å². The Morgan fingerprint density at radius 3 is 2.78 bits per heavy atom. The topological polar surface area (TPSA) is 76.0 Å². The van der Waals surface area contributed by atoms with Crippen LogP contribution in [-0.2, 0) is 6.54 Å². The number of nitrogens with one attached hydrogen (secondary N) is 1. The van der Waals surface area contributed by atoms with Crippen LogP contribution in [0.2, 0.25) is 0 Å². The molecule has 0 aromatic heterocycles. The van der Waals surface area contributed by atoms with E-state index in [2.05, 4.69) is 17.3 Å². The number of phenols is 3. The van der Waals surface area contributed by atoms with Gasteiger partial charge in [-0.2, -0.15) is 0 Å². The Kier molecular flexibility index (Phi) is 3.93. The first-order valence-corrected chi connectivity index (χ1v) is 6.22. The average Bonchev–Trinajstić information content (AvgIpc) is 2.35. The Hall–Kier alpha value is -1.46. The van der Waals surface area contributed by atoms with Crippen molar-refractivity contribution in [1.82, 2.24) is 10.2 Å². The summed E-state index contributed by atoms with van der Waals surface area (Å²) in [6.45, 7) is 2.60. The molecule has 5 nitrogen and oxygen atoms in total. The monoisotopic (exact) mass is 252 g/mol. The molecule has 1 unspecified atom stereocenters. The molecule has 1 fully saturated rings. The first-order valence-electron chi connectivity index (χ1n) is 6.22. The van der Waals surface area contributed by atoms with Gasteiger partial charge in [-0.3, -0.25) is 0 Å². The molecule has 1 atom stereocenters. The highest BCUT2D eigenvalue weighted by Gasteiger charge is 2.17. The molecule has 1 aromatic carbocycles. The molecule has 0 spiro atoms. The maximum atomic E-state index is 9.70. The van der Waals surface area contributed by atoms with Gasteiger partial charge in [0.25, 0.3) is 0 Å². The van der Waals surface area contributed by atoms with E-state index in [1.54, 1.807) is 6.07 Å². The van der Waals surface area contributed by atoms with Crippen molar-refractivity contribution in [2.75, 3.05) is 20.1 Å². The third-order valence-electron chi connectivity index (χ3n) is 3.42. The molecule has 1 aromatic rings. The van der Waals surface area contributed by atoms with Crippen LogP contribution in [0.4, 0.5) is 0 Å². The van der Waals surface area contributed by atoms with Crippen LogP contribution in [0, 0.1) is 0 Å². The quantitative estimate of drug-likeness (QED) is 0.604. The summed E-state index contributed by atoms with van der Waals surface area (Å²) >= 11 is 0. The van der Waals surface area contributed by atoms with Gasteiger partial charge in [-0.05, 0) is 32.5 Å². The Labute approximate surface area is 107 Å². The lowest BCUT2D eigenvalue weighted by Gasteiger charge is -2.30. The molecule has 5 heteroatoms. The van der Waals surface area contributed by atoms with Crippen molar-refractivity contribution in [3.8, 4) is 17.2 Å². The third kappa shape index (κ3) is 2.86. The minimum Gasteiger partial charge on any atom is -0.504 e. The maximum Gasteiger partial charge on any atom is 0.200 e. The highest BCUT2D eigenvalue weighted by Crippen LogP contribution is 2.36. The fourth-order valence-corrected chi connectivity index (χ4v) is 2.34. The van der Waals surface area contributed by atoms with Crippen molar-refractivity contribution in [3.63, 3.8) is 0 Å². The first kappa shape index (κ1) is 13.0. The van der Waals surface area contributed by atoms with E-state index < -0.39 is 5.75 Å². The molecule has 1 heterocycles. The van der Waals surface area contributed by atoms with Crippen LogP contribution >= 0.6 is 0 Å². The zero-order valence-corrected chi connectivity index (χ0v) is 10.6. The summed E-state index contributed by atoms with van der Waals surface area (Å²) in [6, 6.07) is 3.40. The van der Waals surface area contributed by atoms with Crippen LogP contribution in [0.1, 0.15) is 18.4 Å². The summed E-state index contributed by atoms with van der Waals surface area (Å²) in [4.78, 5) is 2.27. The summed E-state index contributed by atoms with van der Waals surface area (Å²) < 4.78 is 0. The molecule has 4 N–H and O–H groups in total. The molecular weight excluding hydrogens is 232 g/mol. The van der Waals surface area contributed by atoms with Crippen LogP contribution in [0.3, 0.4) is 0 Å². The molecule has 1 saturated heterocycles. The third-order valence-corrected chi connectivity index (χ3v) is 3.42. The van der Waals surface area contributed by atoms with Gasteiger partial charge in [-0.1, -0.05) is 6.07 Å². The Morgan fingerprint density at radius 2 is 2.06 bits per heavy atom. The van der Waals surface area contributed by atoms with Crippen LogP contribution in [0.5, 0.6) is 17.2 Å². The number of rotatable bonds is 3. The molecule has 100 valence electrons. The van der Waals surface area contributed by atoms with E-state index in [1.807, 2.05) is 0 Å². The largest absolute Gasteiger partial charge is 0.504 e. The molecule has 0 saturated carbocycles. The van der Waals surface area contributed by atoms with E-state index in [1.165, 1.54) is 12.5 Å². The molecule has 0 amide bonds. The smallest absolute Gasteiger partial charge is 0.200 e. The SMILES string of the molecule is CN1CCCC(NCc2ccc(O)c(O)c2O)C1. The normalized spacial score (nSPS) is 21.1. The lowest BCUT2D eigenvalue weighted by molar-refractivity contribution is 0.226. The van der Waals surface area contributed by atoms with Gasteiger partial charge in [0, 0.05) is 24.7 Å². The van der Waals surface area contributed by atoms with Crippen LogP contribution in [-0.4, -0.2) is 46.4 Å². The minimum absolute atomic E-state index is 0.244. The second-order valence-electron chi connectivity index (χ2n) is 4.92. The average molecular weight is 252 g/mol. The van der Waals surface area contributed by atoms with E-state index in [9.17, 15) is 15.3 Å². The molecule has 18 heavy (non-hydrogen) atoms. The highest BCUT2D eigenvalue weighted by atomic mass is 16.3. The van der Waals surface area contributed by atoms with Crippen molar-refractivity contribution in [2.24, 2.45) is 0 Å². The van der Waals surface area contributed by atoms with Gasteiger partial charge in [0.15, 0.2) is 11.5 Å². The number of likely N-dealkylation sites (tertiary alicyclic amines) is 1. The predicted molar refractivity (Wildman–Crippen MR) is 68.8 cm³/mol. The van der Waals surface area contributed by atoms with Crippen molar-refractivity contribution in [3.05, 3.63) is 17.7 Å². The van der Waals surface area contributed by atoms with E-state index in [0.29, 0.717) is 18.2 Å². The summed E-state index contributed by atoms with van der Waals surface area (Å²) in [5.41, 5.74) is 0.596. The van der Waals surface area contributed by atoms with Gasteiger partial charge in [0.2, 0.25) is 5.75 Å². The Morgan fingerprint density at radius 1 is 1.28 bits per heavy atom. The van der Waals surface area contributed by atoms with E-state index in [-0.39, 0.29) is 11.5 Å². The highest BCUT2D eigenvalue weighted by molar-refractivity contribution is 5.53. The summed E-state index contributed by atoms with van der Waals surface area (Å²) in [5.74, 6) is -0.990. The number of hydrogen-bond donors (Lipinski definition) is 4. The number of hydrogen-bond acceptors (Lipinski definition) is 5. The first-order chi connectivity index (χ1) is 8.58. The number of phenolic OH excluding ortho intramolecular Hbond substituents is 3. The fourth-order valence-electron chi connectivity index (χ4n) is 2.34. The summed E-state index contributed by atoms with van der Waals surface area (Å²) in [5, 5.41) is 31.7. The van der Waals surface area contributed by atoms with Gasteiger partial charge in [0.1, 0.15) is 0 Å².